The zero-order chi connectivity index (χ0) is 9.52. The van der Waals surface area contributed by atoms with Gasteiger partial charge in [0, 0.05) is 5.92 Å². The Morgan fingerprint density at radius 3 is 2.62 bits per heavy atom. The smallest absolute Gasteiger partial charge is 0.00273 e. The van der Waals surface area contributed by atoms with Gasteiger partial charge in [-0.1, -0.05) is 36.4 Å². The lowest BCUT2D eigenvalue weighted by molar-refractivity contribution is 0.675. The molecule has 1 aromatic carbocycles. The Kier molecular flexibility index (Phi) is 4.27. The molecule has 1 aromatic rings. The van der Waals surface area contributed by atoms with E-state index < -0.39 is 0 Å². The molecule has 0 heterocycles. The Balaban J connectivity index is 2.61. The molecule has 1 nitrogen and oxygen atoms in total. The monoisotopic (exact) mass is 175 g/mol. The third-order valence-electron chi connectivity index (χ3n) is 2.22. The van der Waals surface area contributed by atoms with Crippen LogP contribution in [-0.2, 0) is 0 Å². The number of rotatable bonds is 5. The van der Waals surface area contributed by atoms with Crippen LogP contribution in [0, 0.1) is 0 Å². The topological polar surface area (TPSA) is 12.0 Å². The largest absolute Gasteiger partial charge is 0.320 e. The minimum absolute atomic E-state index is 0.480. The number of hydrogen-bond acceptors (Lipinski definition) is 1. The minimum atomic E-state index is 0.480. The Labute approximate surface area is 80.5 Å². The first kappa shape index (κ1) is 10.0. The van der Waals surface area contributed by atoms with Crippen LogP contribution in [0.5, 0.6) is 0 Å². The van der Waals surface area contributed by atoms with E-state index in [1.165, 1.54) is 5.56 Å². The summed E-state index contributed by atoms with van der Waals surface area (Å²) in [6.07, 6.45) is 3.14. The Bertz CT molecular complexity index is 241. The average molecular weight is 175 g/mol. The normalized spacial score (nSPS) is 12.4. The van der Waals surface area contributed by atoms with E-state index in [0.717, 1.165) is 13.0 Å². The van der Waals surface area contributed by atoms with Crippen molar-refractivity contribution in [3.8, 4) is 0 Å². The third kappa shape index (κ3) is 3.03. The highest BCUT2D eigenvalue weighted by Crippen LogP contribution is 2.19. The van der Waals surface area contributed by atoms with Gasteiger partial charge in [0.05, 0.1) is 0 Å². The van der Waals surface area contributed by atoms with Crippen LogP contribution < -0.4 is 5.32 Å². The summed E-state index contributed by atoms with van der Waals surface area (Å²) >= 11 is 0. The fraction of sp³-hybridized carbons (Fsp3) is 0.333. The van der Waals surface area contributed by atoms with Crippen molar-refractivity contribution in [1.82, 2.24) is 5.32 Å². The van der Waals surface area contributed by atoms with Gasteiger partial charge < -0.3 is 5.32 Å². The number of hydrogen-bond donors (Lipinski definition) is 1. The summed E-state index contributed by atoms with van der Waals surface area (Å²) in [5.74, 6) is 0.480. The van der Waals surface area contributed by atoms with Gasteiger partial charge in [0.15, 0.2) is 0 Å². The van der Waals surface area contributed by atoms with E-state index in [1.54, 1.807) is 0 Å². The second kappa shape index (κ2) is 5.55. The van der Waals surface area contributed by atoms with E-state index in [2.05, 4.69) is 36.2 Å². The van der Waals surface area contributed by atoms with E-state index in [1.807, 2.05) is 19.2 Å². The summed E-state index contributed by atoms with van der Waals surface area (Å²) in [4.78, 5) is 0. The molecule has 0 aliphatic carbocycles. The SMILES string of the molecule is C=C[C@H](CCNC)c1ccccc1. The van der Waals surface area contributed by atoms with Crippen LogP contribution in [0.25, 0.3) is 0 Å². The molecule has 1 heteroatoms. The molecule has 0 aromatic heterocycles. The summed E-state index contributed by atoms with van der Waals surface area (Å²) < 4.78 is 0. The molecule has 70 valence electrons. The molecule has 13 heavy (non-hydrogen) atoms. The first-order chi connectivity index (χ1) is 6.38. The van der Waals surface area contributed by atoms with E-state index >= 15 is 0 Å². The molecule has 1 atom stereocenters. The molecule has 1 N–H and O–H groups in total. The lowest BCUT2D eigenvalue weighted by atomic mass is 9.96. The van der Waals surface area contributed by atoms with E-state index in [-0.39, 0.29) is 0 Å². The molecule has 1 rings (SSSR count). The quantitative estimate of drug-likeness (QED) is 0.678. The zero-order valence-corrected chi connectivity index (χ0v) is 8.16. The van der Waals surface area contributed by atoms with Crippen LogP contribution in [0.4, 0.5) is 0 Å². The second-order valence-electron chi connectivity index (χ2n) is 3.15. The van der Waals surface area contributed by atoms with Crippen molar-refractivity contribution in [1.29, 1.82) is 0 Å². The molecule has 0 fully saturated rings. The van der Waals surface area contributed by atoms with Crippen LogP contribution in [0.1, 0.15) is 17.9 Å². The molecule has 0 aliphatic heterocycles. The molecule has 0 saturated heterocycles. The van der Waals surface area contributed by atoms with Crippen molar-refractivity contribution in [3.63, 3.8) is 0 Å². The van der Waals surface area contributed by atoms with Crippen molar-refractivity contribution in [2.24, 2.45) is 0 Å². The van der Waals surface area contributed by atoms with Crippen LogP contribution in [-0.4, -0.2) is 13.6 Å². The summed E-state index contributed by atoms with van der Waals surface area (Å²) in [5.41, 5.74) is 1.35. The van der Waals surface area contributed by atoms with Gasteiger partial charge in [-0.3, -0.25) is 0 Å². The van der Waals surface area contributed by atoms with Crippen molar-refractivity contribution in [3.05, 3.63) is 48.6 Å². The van der Waals surface area contributed by atoms with Crippen molar-refractivity contribution < 1.29 is 0 Å². The summed E-state index contributed by atoms with van der Waals surface area (Å²) in [6.45, 7) is 4.90. The predicted molar refractivity (Wildman–Crippen MR) is 57.9 cm³/mol. The highest BCUT2D eigenvalue weighted by molar-refractivity contribution is 5.22. The number of allylic oxidation sites excluding steroid dienone is 1. The Morgan fingerprint density at radius 2 is 2.08 bits per heavy atom. The first-order valence-corrected chi connectivity index (χ1v) is 4.70. The highest BCUT2D eigenvalue weighted by Gasteiger charge is 2.04. The zero-order valence-electron chi connectivity index (χ0n) is 8.16. The predicted octanol–water partition coefficient (Wildman–Crippen LogP) is 2.57. The molecule has 0 unspecified atom stereocenters. The van der Waals surface area contributed by atoms with Gasteiger partial charge in [-0.25, -0.2) is 0 Å². The minimum Gasteiger partial charge on any atom is -0.320 e. The van der Waals surface area contributed by atoms with Gasteiger partial charge in [0.25, 0.3) is 0 Å². The van der Waals surface area contributed by atoms with Crippen LogP contribution >= 0.6 is 0 Å². The Morgan fingerprint density at radius 1 is 1.38 bits per heavy atom. The maximum Gasteiger partial charge on any atom is 0.00273 e. The molecule has 0 bridgehead atoms. The van der Waals surface area contributed by atoms with E-state index in [0.29, 0.717) is 5.92 Å². The highest BCUT2D eigenvalue weighted by atomic mass is 14.8. The lowest BCUT2D eigenvalue weighted by Gasteiger charge is -2.11. The van der Waals surface area contributed by atoms with Gasteiger partial charge in [-0.2, -0.15) is 0 Å². The fourth-order valence-corrected chi connectivity index (χ4v) is 1.42. The standard InChI is InChI=1S/C12H17N/c1-3-11(9-10-13-2)12-7-5-4-6-8-12/h3-8,11,13H,1,9-10H2,2H3/t11-/m1/s1. The molecular weight excluding hydrogens is 158 g/mol. The van der Waals surface area contributed by atoms with Gasteiger partial charge in [0.1, 0.15) is 0 Å². The Hall–Kier alpha value is -1.08. The van der Waals surface area contributed by atoms with Crippen LogP contribution in [0.15, 0.2) is 43.0 Å². The van der Waals surface area contributed by atoms with Crippen molar-refractivity contribution >= 4 is 0 Å². The molecule has 0 amide bonds. The van der Waals surface area contributed by atoms with E-state index in [4.69, 9.17) is 0 Å². The first-order valence-electron chi connectivity index (χ1n) is 4.70. The maximum absolute atomic E-state index is 3.86. The van der Waals surface area contributed by atoms with Gasteiger partial charge in [-0.05, 0) is 25.6 Å². The van der Waals surface area contributed by atoms with Crippen molar-refractivity contribution in [2.45, 2.75) is 12.3 Å². The van der Waals surface area contributed by atoms with Gasteiger partial charge >= 0.3 is 0 Å². The molecule has 0 aliphatic rings. The summed E-state index contributed by atoms with van der Waals surface area (Å²) in [5, 5.41) is 3.15. The van der Waals surface area contributed by atoms with Crippen LogP contribution in [0.3, 0.4) is 0 Å². The molecule has 0 radical (unpaired) electrons. The second-order valence-corrected chi connectivity index (χ2v) is 3.15. The number of benzene rings is 1. The fourth-order valence-electron chi connectivity index (χ4n) is 1.42. The van der Waals surface area contributed by atoms with Crippen LogP contribution in [0.2, 0.25) is 0 Å². The summed E-state index contributed by atoms with van der Waals surface area (Å²) in [7, 11) is 1.98. The van der Waals surface area contributed by atoms with E-state index in [9.17, 15) is 0 Å². The average Bonchev–Trinajstić information content (AvgIpc) is 2.21. The molecule has 0 saturated carbocycles. The van der Waals surface area contributed by atoms with Crippen molar-refractivity contribution in [2.75, 3.05) is 13.6 Å². The van der Waals surface area contributed by atoms with Gasteiger partial charge in [0.2, 0.25) is 0 Å². The van der Waals surface area contributed by atoms with Gasteiger partial charge in [-0.15, -0.1) is 6.58 Å². The lowest BCUT2D eigenvalue weighted by Crippen LogP contribution is -2.11. The number of nitrogens with one attached hydrogen (secondary N) is 1. The summed E-state index contributed by atoms with van der Waals surface area (Å²) in [6, 6.07) is 10.5. The maximum atomic E-state index is 3.86. The molecular formula is C12H17N. The molecule has 0 spiro atoms. The third-order valence-corrected chi connectivity index (χ3v) is 2.22.